The number of nitrogens with one attached hydrogen (secondary N) is 1. The van der Waals surface area contributed by atoms with E-state index in [9.17, 15) is 9.59 Å². The second-order valence-electron chi connectivity index (χ2n) is 5.48. The van der Waals surface area contributed by atoms with Gasteiger partial charge in [-0.15, -0.1) is 0 Å². The first-order valence-electron chi connectivity index (χ1n) is 7.50. The number of carbonyl (C=O) groups is 1. The molecule has 0 aliphatic carbocycles. The number of rotatable bonds is 4. The lowest BCUT2D eigenvalue weighted by atomic mass is 10.1. The molecule has 4 nitrogen and oxygen atoms in total. The van der Waals surface area contributed by atoms with Crippen molar-refractivity contribution in [2.24, 2.45) is 0 Å². The SMILES string of the molecule is Cc1ccc2oc(=O)c(C(=O)NCCc3ccccc3)cc2c1. The van der Waals surface area contributed by atoms with Crippen molar-refractivity contribution in [2.75, 3.05) is 6.54 Å². The van der Waals surface area contributed by atoms with Crippen LogP contribution in [-0.4, -0.2) is 12.5 Å². The summed E-state index contributed by atoms with van der Waals surface area (Å²) in [6, 6.07) is 16.9. The summed E-state index contributed by atoms with van der Waals surface area (Å²) in [5.74, 6) is -0.405. The maximum absolute atomic E-state index is 12.2. The summed E-state index contributed by atoms with van der Waals surface area (Å²) in [4.78, 5) is 24.2. The van der Waals surface area contributed by atoms with Gasteiger partial charge in [0.25, 0.3) is 5.91 Å². The molecule has 0 saturated heterocycles. The molecule has 0 spiro atoms. The minimum atomic E-state index is -0.612. The Balaban J connectivity index is 1.75. The highest BCUT2D eigenvalue weighted by molar-refractivity contribution is 5.96. The van der Waals surface area contributed by atoms with E-state index in [4.69, 9.17) is 4.42 Å². The minimum Gasteiger partial charge on any atom is -0.422 e. The number of hydrogen-bond donors (Lipinski definition) is 1. The van der Waals surface area contributed by atoms with Crippen LogP contribution in [0.25, 0.3) is 11.0 Å². The predicted octanol–water partition coefficient (Wildman–Crippen LogP) is 3.07. The van der Waals surface area contributed by atoms with Crippen LogP contribution in [0.4, 0.5) is 0 Å². The van der Waals surface area contributed by atoms with Gasteiger partial charge in [0, 0.05) is 11.9 Å². The molecular formula is C19H17NO3. The van der Waals surface area contributed by atoms with Gasteiger partial charge >= 0.3 is 5.63 Å². The van der Waals surface area contributed by atoms with Gasteiger partial charge in [-0.3, -0.25) is 4.79 Å². The van der Waals surface area contributed by atoms with Crippen LogP contribution < -0.4 is 10.9 Å². The molecule has 1 N–H and O–H groups in total. The first-order chi connectivity index (χ1) is 11.1. The third-order valence-corrected chi connectivity index (χ3v) is 3.67. The zero-order valence-electron chi connectivity index (χ0n) is 12.8. The van der Waals surface area contributed by atoms with Crippen LogP contribution in [0.2, 0.25) is 0 Å². The third kappa shape index (κ3) is 3.48. The van der Waals surface area contributed by atoms with Crippen molar-refractivity contribution in [3.63, 3.8) is 0 Å². The molecule has 1 amide bonds. The van der Waals surface area contributed by atoms with E-state index in [2.05, 4.69) is 5.32 Å². The van der Waals surface area contributed by atoms with Gasteiger partial charge in [-0.2, -0.15) is 0 Å². The van der Waals surface area contributed by atoms with E-state index in [1.54, 1.807) is 12.1 Å². The lowest BCUT2D eigenvalue weighted by Gasteiger charge is -2.06. The zero-order chi connectivity index (χ0) is 16.2. The zero-order valence-corrected chi connectivity index (χ0v) is 12.8. The maximum Gasteiger partial charge on any atom is 0.349 e. The normalized spacial score (nSPS) is 10.7. The largest absolute Gasteiger partial charge is 0.422 e. The molecule has 0 fully saturated rings. The summed E-state index contributed by atoms with van der Waals surface area (Å²) in [6.45, 7) is 2.41. The predicted molar refractivity (Wildman–Crippen MR) is 89.7 cm³/mol. The Bertz CT molecular complexity index is 897. The molecule has 23 heavy (non-hydrogen) atoms. The van der Waals surface area contributed by atoms with E-state index in [-0.39, 0.29) is 5.56 Å². The Morgan fingerprint density at radius 1 is 1.09 bits per heavy atom. The third-order valence-electron chi connectivity index (χ3n) is 3.67. The number of amides is 1. The van der Waals surface area contributed by atoms with Crippen molar-refractivity contribution >= 4 is 16.9 Å². The van der Waals surface area contributed by atoms with Crippen molar-refractivity contribution in [1.29, 1.82) is 0 Å². The Hall–Kier alpha value is -2.88. The van der Waals surface area contributed by atoms with Crippen LogP contribution in [0.5, 0.6) is 0 Å². The number of carbonyl (C=O) groups excluding carboxylic acids is 1. The average Bonchev–Trinajstić information content (AvgIpc) is 2.55. The highest BCUT2D eigenvalue weighted by Gasteiger charge is 2.13. The van der Waals surface area contributed by atoms with Crippen molar-refractivity contribution in [2.45, 2.75) is 13.3 Å². The topological polar surface area (TPSA) is 59.3 Å². The first-order valence-corrected chi connectivity index (χ1v) is 7.50. The molecule has 0 aliphatic heterocycles. The Morgan fingerprint density at radius 3 is 2.65 bits per heavy atom. The fourth-order valence-corrected chi connectivity index (χ4v) is 2.46. The average molecular weight is 307 g/mol. The summed E-state index contributed by atoms with van der Waals surface area (Å²) < 4.78 is 5.22. The maximum atomic E-state index is 12.2. The number of fused-ring (bicyclic) bond motifs is 1. The molecule has 2 aromatic carbocycles. The van der Waals surface area contributed by atoms with Crippen molar-refractivity contribution in [3.8, 4) is 0 Å². The van der Waals surface area contributed by atoms with E-state index < -0.39 is 11.5 Å². The first kappa shape index (κ1) is 15.0. The van der Waals surface area contributed by atoms with Crippen LogP contribution in [0.15, 0.2) is 63.8 Å². The smallest absolute Gasteiger partial charge is 0.349 e. The highest BCUT2D eigenvalue weighted by Crippen LogP contribution is 2.15. The number of hydrogen-bond acceptors (Lipinski definition) is 3. The van der Waals surface area contributed by atoms with E-state index >= 15 is 0 Å². The van der Waals surface area contributed by atoms with Crippen LogP contribution in [-0.2, 0) is 6.42 Å². The molecule has 116 valence electrons. The van der Waals surface area contributed by atoms with Crippen molar-refractivity contribution < 1.29 is 9.21 Å². The van der Waals surface area contributed by atoms with Crippen LogP contribution in [0, 0.1) is 6.92 Å². The van der Waals surface area contributed by atoms with E-state index in [0.29, 0.717) is 18.5 Å². The number of aryl methyl sites for hydroxylation is 1. The van der Waals surface area contributed by atoms with Crippen LogP contribution in [0.3, 0.4) is 0 Å². The molecule has 3 aromatic rings. The fourth-order valence-electron chi connectivity index (χ4n) is 2.46. The van der Waals surface area contributed by atoms with Crippen LogP contribution >= 0.6 is 0 Å². The molecule has 4 heteroatoms. The summed E-state index contributed by atoms with van der Waals surface area (Å²) in [5.41, 5.74) is 2.09. The summed E-state index contributed by atoms with van der Waals surface area (Å²) in [7, 11) is 0. The summed E-state index contributed by atoms with van der Waals surface area (Å²) in [6.07, 6.45) is 0.713. The van der Waals surface area contributed by atoms with E-state index in [1.807, 2.05) is 49.4 Å². The van der Waals surface area contributed by atoms with E-state index in [1.165, 1.54) is 0 Å². The summed E-state index contributed by atoms with van der Waals surface area (Å²) in [5, 5.41) is 3.52. The standard InChI is InChI=1S/C19H17NO3/c1-13-7-8-17-15(11-13)12-16(19(22)23-17)18(21)20-10-9-14-5-3-2-4-6-14/h2-8,11-12H,9-10H2,1H3,(H,20,21). The Kier molecular flexibility index (Phi) is 4.24. The molecule has 0 atom stereocenters. The Labute approximate surface area is 133 Å². The second-order valence-corrected chi connectivity index (χ2v) is 5.48. The quantitative estimate of drug-likeness (QED) is 0.754. The molecule has 0 aliphatic rings. The highest BCUT2D eigenvalue weighted by atomic mass is 16.4. The monoisotopic (exact) mass is 307 g/mol. The minimum absolute atomic E-state index is 0.0381. The molecule has 0 bridgehead atoms. The van der Waals surface area contributed by atoms with E-state index in [0.717, 1.165) is 16.5 Å². The molecule has 1 heterocycles. The van der Waals surface area contributed by atoms with Gasteiger partial charge in [0.1, 0.15) is 11.1 Å². The van der Waals surface area contributed by atoms with Gasteiger partial charge in [0.2, 0.25) is 0 Å². The molecule has 1 aromatic heterocycles. The lowest BCUT2D eigenvalue weighted by Crippen LogP contribution is -2.29. The molecule has 3 rings (SSSR count). The van der Waals surface area contributed by atoms with Gasteiger partial charge in [0.15, 0.2) is 0 Å². The van der Waals surface area contributed by atoms with Gasteiger partial charge in [-0.1, -0.05) is 42.0 Å². The van der Waals surface area contributed by atoms with Crippen molar-refractivity contribution in [3.05, 3.63) is 81.7 Å². The van der Waals surface area contributed by atoms with Gasteiger partial charge in [0.05, 0.1) is 0 Å². The molecule has 0 unspecified atom stereocenters. The fraction of sp³-hybridized carbons (Fsp3) is 0.158. The van der Waals surface area contributed by atoms with Gasteiger partial charge < -0.3 is 9.73 Å². The summed E-state index contributed by atoms with van der Waals surface area (Å²) >= 11 is 0. The number of benzene rings is 2. The van der Waals surface area contributed by atoms with Crippen LogP contribution in [0.1, 0.15) is 21.5 Å². The lowest BCUT2D eigenvalue weighted by molar-refractivity contribution is 0.0950. The van der Waals surface area contributed by atoms with Crippen molar-refractivity contribution in [1.82, 2.24) is 5.32 Å². The second kappa shape index (κ2) is 6.48. The molecule has 0 saturated carbocycles. The van der Waals surface area contributed by atoms with Gasteiger partial charge in [-0.05, 0) is 37.1 Å². The molecule has 0 radical (unpaired) electrons. The Morgan fingerprint density at radius 2 is 1.87 bits per heavy atom. The molecular weight excluding hydrogens is 290 g/mol. The van der Waals surface area contributed by atoms with Gasteiger partial charge in [-0.25, -0.2) is 4.79 Å².